The maximum absolute atomic E-state index is 12.4. The topological polar surface area (TPSA) is 62.0 Å². The normalized spacial score (nSPS) is 10.5. The van der Waals surface area contributed by atoms with Crippen LogP contribution in [0.4, 0.5) is 5.69 Å². The quantitative estimate of drug-likeness (QED) is 0.719. The van der Waals surface area contributed by atoms with Crippen molar-refractivity contribution >= 4 is 28.3 Å². The Morgan fingerprint density at radius 1 is 1.05 bits per heavy atom. The van der Waals surface area contributed by atoms with Crippen LogP contribution in [0.3, 0.4) is 0 Å². The molecule has 1 amide bonds. The molecule has 0 aliphatic rings. The monoisotopic (exact) mass is 278 g/mol. The number of ketones is 1. The van der Waals surface area contributed by atoms with E-state index in [9.17, 15) is 9.59 Å². The number of para-hydroxylation sites is 1. The first-order chi connectivity index (χ1) is 10.1. The SMILES string of the molecule is CC(=O)c1cccc(NC(=O)c2c[nH]c3ccccc23)c1. The summed E-state index contributed by atoms with van der Waals surface area (Å²) in [7, 11) is 0. The molecule has 1 heterocycles. The highest BCUT2D eigenvalue weighted by molar-refractivity contribution is 6.13. The number of anilines is 1. The van der Waals surface area contributed by atoms with Crippen molar-refractivity contribution in [2.75, 3.05) is 5.32 Å². The molecule has 0 radical (unpaired) electrons. The fourth-order valence-electron chi connectivity index (χ4n) is 2.27. The van der Waals surface area contributed by atoms with Crippen molar-refractivity contribution in [2.45, 2.75) is 6.92 Å². The number of hydrogen-bond acceptors (Lipinski definition) is 2. The van der Waals surface area contributed by atoms with Crippen LogP contribution in [0.25, 0.3) is 10.9 Å². The molecule has 2 aromatic carbocycles. The molecule has 0 spiro atoms. The minimum atomic E-state index is -0.201. The number of nitrogens with one attached hydrogen (secondary N) is 2. The third-order valence-electron chi connectivity index (χ3n) is 3.36. The van der Waals surface area contributed by atoms with Crippen molar-refractivity contribution in [3.05, 3.63) is 65.9 Å². The van der Waals surface area contributed by atoms with Gasteiger partial charge in [0.25, 0.3) is 5.91 Å². The summed E-state index contributed by atoms with van der Waals surface area (Å²) in [4.78, 5) is 26.8. The number of rotatable bonds is 3. The van der Waals surface area contributed by atoms with Crippen LogP contribution < -0.4 is 5.32 Å². The number of Topliss-reactive ketones (excluding diaryl/α,β-unsaturated/α-hetero) is 1. The molecule has 3 rings (SSSR count). The van der Waals surface area contributed by atoms with Crippen molar-refractivity contribution in [1.29, 1.82) is 0 Å². The van der Waals surface area contributed by atoms with Gasteiger partial charge in [0.05, 0.1) is 5.56 Å². The zero-order valence-corrected chi connectivity index (χ0v) is 11.5. The highest BCUT2D eigenvalue weighted by Gasteiger charge is 2.12. The Kier molecular flexibility index (Phi) is 3.28. The van der Waals surface area contributed by atoms with E-state index in [2.05, 4.69) is 10.3 Å². The van der Waals surface area contributed by atoms with Gasteiger partial charge in [-0.1, -0.05) is 30.3 Å². The lowest BCUT2D eigenvalue weighted by atomic mass is 10.1. The lowest BCUT2D eigenvalue weighted by Gasteiger charge is -2.05. The number of aromatic nitrogens is 1. The second kappa shape index (κ2) is 5.25. The molecule has 3 aromatic rings. The smallest absolute Gasteiger partial charge is 0.257 e. The fraction of sp³-hybridized carbons (Fsp3) is 0.0588. The van der Waals surface area contributed by atoms with Crippen molar-refractivity contribution in [2.24, 2.45) is 0 Å². The predicted octanol–water partition coefficient (Wildman–Crippen LogP) is 3.62. The highest BCUT2D eigenvalue weighted by Crippen LogP contribution is 2.19. The van der Waals surface area contributed by atoms with Gasteiger partial charge in [0, 0.05) is 28.4 Å². The zero-order chi connectivity index (χ0) is 14.8. The summed E-state index contributed by atoms with van der Waals surface area (Å²) < 4.78 is 0. The van der Waals surface area contributed by atoms with E-state index < -0.39 is 0 Å². The van der Waals surface area contributed by atoms with Crippen LogP contribution >= 0.6 is 0 Å². The van der Waals surface area contributed by atoms with Gasteiger partial charge in [-0.05, 0) is 25.1 Å². The van der Waals surface area contributed by atoms with Gasteiger partial charge in [-0.3, -0.25) is 9.59 Å². The number of H-pyrrole nitrogens is 1. The van der Waals surface area contributed by atoms with E-state index in [-0.39, 0.29) is 11.7 Å². The van der Waals surface area contributed by atoms with Crippen molar-refractivity contribution < 1.29 is 9.59 Å². The number of carbonyl (C=O) groups excluding carboxylic acids is 2. The molecular weight excluding hydrogens is 264 g/mol. The summed E-state index contributed by atoms with van der Waals surface area (Å²) in [6.07, 6.45) is 1.69. The maximum Gasteiger partial charge on any atom is 0.257 e. The summed E-state index contributed by atoms with van der Waals surface area (Å²) >= 11 is 0. The molecule has 0 unspecified atom stereocenters. The largest absolute Gasteiger partial charge is 0.360 e. The fourth-order valence-corrected chi connectivity index (χ4v) is 2.27. The van der Waals surface area contributed by atoms with Crippen LogP contribution in [0.5, 0.6) is 0 Å². The van der Waals surface area contributed by atoms with Crippen LogP contribution in [0.15, 0.2) is 54.7 Å². The first-order valence-corrected chi connectivity index (χ1v) is 6.63. The molecule has 0 saturated carbocycles. The Balaban J connectivity index is 1.90. The van der Waals surface area contributed by atoms with Gasteiger partial charge < -0.3 is 10.3 Å². The summed E-state index contributed by atoms with van der Waals surface area (Å²) in [5.74, 6) is -0.230. The Morgan fingerprint density at radius 3 is 2.67 bits per heavy atom. The Hall–Kier alpha value is -2.88. The molecule has 0 saturated heterocycles. The van der Waals surface area contributed by atoms with Crippen molar-refractivity contribution in [1.82, 2.24) is 4.98 Å². The van der Waals surface area contributed by atoms with Crippen LogP contribution in [0.2, 0.25) is 0 Å². The van der Waals surface area contributed by atoms with E-state index in [0.29, 0.717) is 16.8 Å². The van der Waals surface area contributed by atoms with Crippen LogP contribution in [0.1, 0.15) is 27.6 Å². The summed E-state index contributed by atoms with van der Waals surface area (Å²) in [5, 5.41) is 3.69. The van der Waals surface area contributed by atoms with Crippen molar-refractivity contribution in [3.8, 4) is 0 Å². The average molecular weight is 278 g/mol. The van der Waals surface area contributed by atoms with Gasteiger partial charge in [-0.2, -0.15) is 0 Å². The van der Waals surface area contributed by atoms with Crippen LogP contribution in [-0.2, 0) is 0 Å². The standard InChI is InChI=1S/C17H14N2O2/c1-11(20)12-5-4-6-13(9-12)19-17(21)15-10-18-16-8-3-2-7-14(15)16/h2-10,18H,1H3,(H,19,21). The molecule has 1 aromatic heterocycles. The Bertz CT molecular complexity index is 833. The number of hydrogen-bond donors (Lipinski definition) is 2. The van der Waals surface area contributed by atoms with Gasteiger partial charge in [0.1, 0.15) is 0 Å². The molecule has 4 heteroatoms. The predicted molar refractivity (Wildman–Crippen MR) is 82.7 cm³/mol. The second-order valence-corrected chi connectivity index (χ2v) is 4.84. The molecule has 2 N–H and O–H groups in total. The summed E-state index contributed by atoms with van der Waals surface area (Å²) in [6, 6.07) is 14.5. The minimum absolute atomic E-state index is 0.0295. The van der Waals surface area contributed by atoms with E-state index in [0.717, 1.165) is 10.9 Å². The van der Waals surface area contributed by atoms with Gasteiger partial charge in [0.2, 0.25) is 0 Å². The molecule has 0 atom stereocenters. The molecular formula is C17H14N2O2. The van der Waals surface area contributed by atoms with Gasteiger partial charge in [0.15, 0.2) is 5.78 Å². The Labute approximate surface area is 121 Å². The summed E-state index contributed by atoms with van der Waals surface area (Å²) in [6.45, 7) is 1.50. The lowest BCUT2D eigenvalue weighted by Crippen LogP contribution is -2.11. The first kappa shape index (κ1) is 13.1. The molecule has 4 nitrogen and oxygen atoms in total. The van der Waals surface area contributed by atoms with Gasteiger partial charge in [-0.15, -0.1) is 0 Å². The first-order valence-electron chi connectivity index (χ1n) is 6.63. The van der Waals surface area contributed by atoms with E-state index in [1.54, 1.807) is 30.5 Å². The van der Waals surface area contributed by atoms with Gasteiger partial charge in [-0.25, -0.2) is 0 Å². The van der Waals surface area contributed by atoms with Crippen molar-refractivity contribution in [3.63, 3.8) is 0 Å². The number of carbonyl (C=O) groups is 2. The summed E-state index contributed by atoms with van der Waals surface area (Å²) in [5.41, 5.74) is 2.68. The molecule has 0 aliphatic carbocycles. The number of fused-ring (bicyclic) bond motifs is 1. The van der Waals surface area contributed by atoms with E-state index in [1.165, 1.54) is 6.92 Å². The molecule has 21 heavy (non-hydrogen) atoms. The Morgan fingerprint density at radius 2 is 1.86 bits per heavy atom. The number of aromatic amines is 1. The minimum Gasteiger partial charge on any atom is -0.360 e. The third kappa shape index (κ3) is 2.56. The number of benzene rings is 2. The second-order valence-electron chi connectivity index (χ2n) is 4.84. The highest BCUT2D eigenvalue weighted by atomic mass is 16.1. The van der Waals surface area contributed by atoms with Gasteiger partial charge >= 0.3 is 0 Å². The van der Waals surface area contributed by atoms with E-state index in [4.69, 9.17) is 0 Å². The molecule has 104 valence electrons. The zero-order valence-electron chi connectivity index (χ0n) is 11.5. The molecule has 0 aliphatic heterocycles. The van der Waals surface area contributed by atoms with E-state index in [1.807, 2.05) is 24.3 Å². The number of amides is 1. The molecule has 0 fully saturated rings. The lowest BCUT2D eigenvalue weighted by molar-refractivity contribution is 0.101. The third-order valence-corrected chi connectivity index (χ3v) is 3.36. The van der Waals surface area contributed by atoms with Crippen LogP contribution in [-0.4, -0.2) is 16.7 Å². The van der Waals surface area contributed by atoms with E-state index >= 15 is 0 Å². The molecule has 0 bridgehead atoms. The van der Waals surface area contributed by atoms with Crippen LogP contribution in [0, 0.1) is 0 Å². The maximum atomic E-state index is 12.4. The average Bonchev–Trinajstić information content (AvgIpc) is 2.91.